The highest BCUT2D eigenvalue weighted by Gasteiger charge is 2.33. The lowest BCUT2D eigenvalue weighted by Crippen LogP contribution is -2.27. The molecule has 1 fully saturated rings. The first-order valence-electron chi connectivity index (χ1n) is 5.93. The fourth-order valence-electron chi connectivity index (χ4n) is 2.17. The van der Waals surface area contributed by atoms with Gasteiger partial charge in [-0.15, -0.1) is 12.4 Å². The molecule has 1 aliphatic carbocycles. The number of hydrogen-bond acceptors (Lipinski definition) is 2. The third-order valence-corrected chi connectivity index (χ3v) is 3.53. The lowest BCUT2D eigenvalue weighted by Gasteiger charge is -2.31. The van der Waals surface area contributed by atoms with Gasteiger partial charge in [0.25, 0.3) is 0 Å². The smallest absolute Gasteiger partial charge is 0.416 e. The third-order valence-electron chi connectivity index (χ3n) is 3.53. The van der Waals surface area contributed by atoms with Crippen LogP contribution in [0.2, 0.25) is 0 Å². The van der Waals surface area contributed by atoms with Crippen LogP contribution in [0.3, 0.4) is 0 Å². The highest BCUT2D eigenvalue weighted by Crippen LogP contribution is 2.39. The summed E-state index contributed by atoms with van der Waals surface area (Å²) in [7, 11) is 1.36. The van der Waals surface area contributed by atoms with Gasteiger partial charge >= 0.3 is 6.18 Å². The molecule has 0 unspecified atom stereocenters. The van der Waals surface area contributed by atoms with Crippen LogP contribution in [0.25, 0.3) is 0 Å². The Labute approximate surface area is 116 Å². The van der Waals surface area contributed by atoms with Gasteiger partial charge in [0, 0.05) is 6.04 Å². The first kappa shape index (κ1) is 16.1. The van der Waals surface area contributed by atoms with Crippen molar-refractivity contribution in [1.29, 1.82) is 0 Å². The van der Waals surface area contributed by atoms with Gasteiger partial charge < -0.3 is 10.5 Å². The standard InChI is InChI=1S/C13H16F3NO.ClH/c1-18-11-6-9(12(17)8-3-2-4-8)5-10(7-11)13(14,15)16;/h5-8,12H,2-4,17H2,1H3;1H/t12-;/m1./s1. The molecular weight excluding hydrogens is 279 g/mol. The molecule has 0 aromatic heterocycles. The molecule has 0 heterocycles. The summed E-state index contributed by atoms with van der Waals surface area (Å²) in [6.07, 6.45) is -1.30. The molecule has 2 rings (SSSR count). The Kier molecular flexibility index (Phi) is 5.10. The normalized spacial score (nSPS) is 17.3. The van der Waals surface area contributed by atoms with E-state index in [1.54, 1.807) is 6.07 Å². The van der Waals surface area contributed by atoms with Gasteiger partial charge in [0.2, 0.25) is 0 Å². The molecule has 1 aliphatic rings. The first-order valence-corrected chi connectivity index (χ1v) is 5.93. The van der Waals surface area contributed by atoms with E-state index in [1.807, 2.05) is 0 Å². The van der Waals surface area contributed by atoms with Crippen molar-refractivity contribution in [1.82, 2.24) is 0 Å². The van der Waals surface area contributed by atoms with E-state index in [2.05, 4.69) is 0 Å². The number of halogens is 4. The van der Waals surface area contributed by atoms with Crippen LogP contribution in [0.1, 0.15) is 36.4 Å². The Bertz CT molecular complexity index is 432. The van der Waals surface area contributed by atoms with E-state index in [0.29, 0.717) is 5.56 Å². The summed E-state index contributed by atoms with van der Waals surface area (Å²) in [4.78, 5) is 0. The summed E-state index contributed by atoms with van der Waals surface area (Å²) in [5.74, 6) is 0.493. The molecule has 0 spiro atoms. The van der Waals surface area contributed by atoms with Crippen molar-refractivity contribution >= 4 is 12.4 Å². The highest BCUT2D eigenvalue weighted by molar-refractivity contribution is 5.85. The van der Waals surface area contributed by atoms with Gasteiger partial charge in [-0.05, 0) is 42.5 Å². The lowest BCUT2D eigenvalue weighted by atomic mass is 9.77. The maximum Gasteiger partial charge on any atom is 0.416 e. The zero-order chi connectivity index (χ0) is 13.3. The predicted molar refractivity (Wildman–Crippen MR) is 69.5 cm³/mol. The topological polar surface area (TPSA) is 35.2 Å². The summed E-state index contributed by atoms with van der Waals surface area (Å²) in [5.41, 5.74) is 5.82. The molecule has 0 amide bonds. The van der Waals surface area contributed by atoms with E-state index in [0.717, 1.165) is 31.4 Å². The molecule has 0 radical (unpaired) electrons. The van der Waals surface area contributed by atoms with Gasteiger partial charge in [-0.25, -0.2) is 0 Å². The maximum atomic E-state index is 12.7. The second kappa shape index (κ2) is 6.01. The Morgan fingerprint density at radius 2 is 1.89 bits per heavy atom. The Balaban J connectivity index is 0.00000180. The van der Waals surface area contributed by atoms with Crippen molar-refractivity contribution in [2.45, 2.75) is 31.5 Å². The van der Waals surface area contributed by atoms with Crippen LogP contribution in [-0.2, 0) is 6.18 Å². The Hall–Kier alpha value is -0.940. The van der Waals surface area contributed by atoms with Crippen molar-refractivity contribution < 1.29 is 17.9 Å². The zero-order valence-corrected chi connectivity index (χ0v) is 11.4. The molecule has 19 heavy (non-hydrogen) atoms. The van der Waals surface area contributed by atoms with E-state index in [-0.39, 0.29) is 30.1 Å². The van der Waals surface area contributed by atoms with E-state index in [1.165, 1.54) is 7.11 Å². The molecule has 108 valence electrons. The molecule has 2 N–H and O–H groups in total. The van der Waals surface area contributed by atoms with Crippen molar-refractivity contribution in [2.24, 2.45) is 11.7 Å². The molecule has 1 aromatic carbocycles. The van der Waals surface area contributed by atoms with Gasteiger partial charge in [0.05, 0.1) is 12.7 Å². The maximum absolute atomic E-state index is 12.7. The van der Waals surface area contributed by atoms with Gasteiger partial charge in [-0.2, -0.15) is 13.2 Å². The number of ether oxygens (including phenoxy) is 1. The number of rotatable bonds is 3. The van der Waals surface area contributed by atoms with E-state index < -0.39 is 11.7 Å². The third kappa shape index (κ3) is 3.54. The average molecular weight is 296 g/mol. The van der Waals surface area contributed by atoms with Crippen LogP contribution in [-0.4, -0.2) is 7.11 Å². The number of methoxy groups -OCH3 is 1. The number of nitrogens with two attached hydrogens (primary N) is 1. The summed E-state index contributed by atoms with van der Waals surface area (Å²) in [6.45, 7) is 0. The van der Waals surface area contributed by atoms with Crippen molar-refractivity contribution in [3.8, 4) is 5.75 Å². The largest absolute Gasteiger partial charge is 0.497 e. The minimum absolute atomic E-state index is 0. The molecule has 6 heteroatoms. The Morgan fingerprint density at radius 1 is 1.26 bits per heavy atom. The van der Waals surface area contributed by atoms with Gasteiger partial charge in [0.15, 0.2) is 0 Å². The highest BCUT2D eigenvalue weighted by atomic mass is 35.5. The number of benzene rings is 1. The molecule has 1 atom stereocenters. The van der Waals surface area contributed by atoms with Gasteiger partial charge in [-0.1, -0.05) is 6.42 Å². The van der Waals surface area contributed by atoms with Gasteiger partial charge in [-0.3, -0.25) is 0 Å². The minimum Gasteiger partial charge on any atom is -0.497 e. The molecule has 1 saturated carbocycles. The summed E-state index contributed by atoms with van der Waals surface area (Å²) in [6, 6.07) is 3.38. The van der Waals surface area contributed by atoms with Crippen LogP contribution in [0.5, 0.6) is 5.75 Å². The SMILES string of the molecule is COc1cc([C@H](N)C2CCC2)cc(C(F)(F)F)c1.Cl. The summed E-state index contributed by atoms with van der Waals surface area (Å²) in [5, 5.41) is 0. The van der Waals surface area contributed by atoms with E-state index in [4.69, 9.17) is 10.5 Å². The molecular formula is C13H17ClF3NO. The van der Waals surface area contributed by atoms with Crippen LogP contribution in [0.15, 0.2) is 18.2 Å². The molecule has 0 aliphatic heterocycles. The molecule has 0 bridgehead atoms. The van der Waals surface area contributed by atoms with E-state index >= 15 is 0 Å². The fraction of sp³-hybridized carbons (Fsp3) is 0.538. The van der Waals surface area contributed by atoms with E-state index in [9.17, 15) is 13.2 Å². The van der Waals surface area contributed by atoms with Crippen LogP contribution >= 0.6 is 12.4 Å². The van der Waals surface area contributed by atoms with Crippen molar-refractivity contribution in [3.63, 3.8) is 0 Å². The zero-order valence-electron chi connectivity index (χ0n) is 10.5. The first-order chi connectivity index (χ1) is 8.41. The molecule has 1 aromatic rings. The molecule has 2 nitrogen and oxygen atoms in total. The second-order valence-corrected chi connectivity index (χ2v) is 4.71. The average Bonchev–Trinajstić information content (AvgIpc) is 2.24. The predicted octanol–water partition coefficient (Wildman–Crippen LogP) is 3.94. The van der Waals surface area contributed by atoms with Crippen molar-refractivity contribution in [2.75, 3.05) is 7.11 Å². The van der Waals surface area contributed by atoms with Crippen LogP contribution in [0.4, 0.5) is 13.2 Å². The van der Waals surface area contributed by atoms with Crippen LogP contribution in [0, 0.1) is 5.92 Å². The fourth-order valence-corrected chi connectivity index (χ4v) is 2.17. The van der Waals surface area contributed by atoms with Crippen molar-refractivity contribution in [3.05, 3.63) is 29.3 Å². The van der Waals surface area contributed by atoms with Gasteiger partial charge in [0.1, 0.15) is 5.75 Å². The second-order valence-electron chi connectivity index (χ2n) is 4.71. The number of alkyl halides is 3. The Morgan fingerprint density at radius 3 is 2.32 bits per heavy atom. The van der Waals surface area contributed by atoms with Crippen LogP contribution < -0.4 is 10.5 Å². The summed E-state index contributed by atoms with van der Waals surface area (Å²) >= 11 is 0. The number of hydrogen-bond donors (Lipinski definition) is 1. The minimum atomic E-state index is -4.37. The summed E-state index contributed by atoms with van der Waals surface area (Å²) < 4.78 is 43.2. The monoisotopic (exact) mass is 295 g/mol. The lowest BCUT2D eigenvalue weighted by molar-refractivity contribution is -0.137. The quantitative estimate of drug-likeness (QED) is 0.917. The molecule has 0 saturated heterocycles.